The van der Waals surface area contributed by atoms with Crippen LogP contribution in [0.5, 0.6) is 5.75 Å². The van der Waals surface area contributed by atoms with Crippen LogP contribution in [0.15, 0.2) is 83.3 Å². The van der Waals surface area contributed by atoms with E-state index in [1.807, 2.05) is 54.6 Å². The summed E-state index contributed by atoms with van der Waals surface area (Å²) in [6.45, 7) is 0. The largest absolute Gasteiger partial charge is 0.496 e. The number of imide groups is 1. The minimum Gasteiger partial charge on any atom is -0.496 e. The van der Waals surface area contributed by atoms with Crippen LogP contribution in [0.3, 0.4) is 0 Å². The van der Waals surface area contributed by atoms with E-state index in [1.165, 1.54) is 4.90 Å². The van der Waals surface area contributed by atoms with Crippen molar-refractivity contribution in [1.82, 2.24) is 0 Å². The summed E-state index contributed by atoms with van der Waals surface area (Å²) in [6.07, 6.45) is -0.890. The van der Waals surface area contributed by atoms with Crippen LogP contribution < -0.4 is 14.7 Å². The van der Waals surface area contributed by atoms with Crippen LogP contribution in [-0.4, -0.2) is 25.0 Å². The number of halogens is 1. The molecule has 2 amide bonds. The summed E-state index contributed by atoms with van der Waals surface area (Å²) in [7, 11) is 1.60. The van der Waals surface area contributed by atoms with E-state index < -0.39 is 18.1 Å². The fraction of sp³-hybridized carbons (Fsp3) is 0.167. The van der Waals surface area contributed by atoms with Gasteiger partial charge in [0.25, 0.3) is 5.91 Å². The Kier molecular flexibility index (Phi) is 5.00. The van der Waals surface area contributed by atoms with Crippen molar-refractivity contribution in [2.24, 2.45) is 5.92 Å². The van der Waals surface area contributed by atoms with Gasteiger partial charge in [-0.1, -0.05) is 42.5 Å². The summed E-state index contributed by atoms with van der Waals surface area (Å²) in [6, 6.07) is 23.6. The van der Waals surface area contributed by atoms with Crippen LogP contribution in [0, 0.1) is 5.92 Å². The zero-order valence-corrected chi connectivity index (χ0v) is 18.2. The van der Waals surface area contributed by atoms with E-state index in [4.69, 9.17) is 9.57 Å². The number of ether oxygens (including phenoxy) is 1. The van der Waals surface area contributed by atoms with Crippen molar-refractivity contribution in [3.63, 3.8) is 0 Å². The van der Waals surface area contributed by atoms with Crippen molar-refractivity contribution in [2.75, 3.05) is 17.1 Å². The minimum atomic E-state index is -0.890. The molecule has 2 heterocycles. The van der Waals surface area contributed by atoms with Crippen LogP contribution in [0.2, 0.25) is 0 Å². The quantitative estimate of drug-likeness (QED) is 0.516. The molecule has 7 heteroatoms. The maximum Gasteiger partial charge on any atom is 0.266 e. The number of anilines is 2. The molecule has 3 aromatic rings. The third-order valence-electron chi connectivity index (χ3n) is 5.66. The van der Waals surface area contributed by atoms with E-state index in [0.717, 1.165) is 15.7 Å². The van der Waals surface area contributed by atoms with Gasteiger partial charge in [-0.25, -0.2) is 9.96 Å². The van der Waals surface area contributed by atoms with E-state index in [9.17, 15) is 9.59 Å². The van der Waals surface area contributed by atoms with Gasteiger partial charge in [-0.2, -0.15) is 0 Å². The molecule has 2 saturated heterocycles. The lowest BCUT2D eigenvalue weighted by Crippen LogP contribution is -2.37. The third-order valence-corrected chi connectivity index (χ3v) is 6.28. The number of carbonyl (C=O) groups excluding carboxylic acids is 2. The molecule has 5 rings (SSSR count). The minimum absolute atomic E-state index is 0.267. The first-order chi connectivity index (χ1) is 15.1. The fourth-order valence-electron chi connectivity index (χ4n) is 4.25. The van der Waals surface area contributed by atoms with Gasteiger partial charge in [0.05, 0.1) is 29.0 Å². The highest BCUT2D eigenvalue weighted by atomic mass is 79.9. The summed E-state index contributed by atoms with van der Waals surface area (Å²) in [5.74, 6) is -0.604. The van der Waals surface area contributed by atoms with Crippen LogP contribution in [-0.2, 0) is 14.4 Å². The van der Waals surface area contributed by atoms with E-state index >= 15 is 0 Å². The molecule has 0 saturated carbocycles. The SMILES string of the molecule is COc1ccc([C@@H]2[C@H]3C(=O)N(c4ccccc4)C(=O)[C@H]3ON2c2ccccc2)cc1Br. The van der Waals surface area contributed by atoms with Crippen molar-refractivity contribution in [3.05, 3.63) is 88.9 Å². The lowest BCUT2D eigenvalue weighted by Gasteiger charge is -2.29. The first-order valence-corrected chi connectivity index (χ1v) is 10.7. The maximum atomic E-state index is 13.5. The zero-order valence-electron chi connectivity index (χ0n) is 16.6. The molecular formula is C24H19BrN2O4. The van der Waals surface area contributed by atoms with Crippen LogP contribution >= 0.6 is 15.9 Å². The van der Waals surface area contributed by atoms with Crippen molar-refractivity contribution in [1.29, 1.82) is 0 Å². The maximum absolute atomic E-state index is 13.5. The van der Waals surface area contributed by atoms with E-state index in [0.29, 0.717) is 11.4 Å². The summed E-state index contributed by atoms with van der Waals surface area (Å²) >= 11 is 3.53. The summed E-state index contributed by atoms with van der Waals surface area (Å²) in [5.41, 5.74) is 2.18. The molecule has 3 aromatic carbocycles. The second-order valence-electron chi connectivity index (χ2n) is 7.40. The Morgan fingerprint density at radius 1 is 0.871 bits per heavy atom. The molecule has 0 unspecified atom stereocenters. The van der Waals surface area contributed by atoms with Crippen LogP contribution in [0.1, 0.15) is 11.6 Å². The third kappa shape index (κ3) is 3.21. The number of hydroxylamine groups is 1. The number of hydrogen-bond acceptors (Lipinski definition) is 5. The van der Waals surface area contributed by atoms with Gasteiger partial charge in [0.2, 0.25) is 5.91 Å². The highest BCUT2D eigenvalue weighted by molar-refractivity contribution is 9.10. The number of fused-ring (bicyclic) bond motifs is 1. The van der Waals surface area contributed by atoms with Crippen LogP contribution in [0.4, 0.5) is 11.4 Å². The van der Waals surface area contributed by atoms with Crippen molar-refractivity contribution < 1.29 is 19.2 Å². The van der Waals surface area contributed by atoms with Gasteiger partial charge >= 0.3 is 0 Å². The van der Waals surface area contributed by atoms with Gasteiger partial charge in [0.1, 0.15) is 11.7 Å². The summed E-state index contributed by atoms with van der Waals surface area (Å²) in [5, 5.41) is 1.68. The molecule has 2 aliphatic heterocycles. The number of benzene rings is 3. The van der Waals surface area contributed by atoms with Gasteiger partial charge in [-0.05, 0) is 57.9 Å². The Labute approximate surface area is 188 Å². The van der Waals surface area contributed by atoms with Gasteiger partial charge in [-0.15, -0.1) is 0 Å². The molecule has 2 aliphatic rings. The number of para-hydroxylation sites is 2. The van der Waals surface area contributed by atoms with Crippen molar-refractivity contribution in [2.45, 2.75) is 12.1 Å². The lowest BCUT2D eigenvalue weighted by atomic mass is 9.90. The molecule has 31 heavy (non-hydrogen) atoms. The van der Waals surface area contributed by atoms with Crippen LogP contribution in [0.25, 0.3) is 0 Å². The predicted octanol–water partition coefficient (Wildman–Crippen LogP) is 4.51. The van der Waals surface area contributed by atoms with Gasteiger partial charge in [-0.3, -0.25) is 14.4 Å². The molecule has 0 spiro atoms. The van der Waals surface area contributed by atoms with Crippen molar-refractivity contribution >= 4 is 39.1 Å². The standard InChI is InChI=1S/C24H19BrN2O4/c1-30-19-13-12-15(14-18(19)25)21-20-22(31-27(21)17-10-6-3-7-11-17)24(29)26(23(20)28)16-8-4-2-5-9-16/h2-14,20-22H,1H3/t20-,21-,22+/m1/s1. The lowest BCUT2D eigenvalue weighted by molar-refractivity contribution is -0.126. The molecule has 0 N–H and O–H groups in total. The average molecular weight is 479 g/mol. The summed E-state index contributed by atoms with van der Waals surface area (Å²) < 4.78 is 6.12. The number of amides is 2. The molecule has 156 valence electrons. The Hall–Kier alpha value is -3.16. The van der Waals surface area contributed by atoms with E-state index in [2.05, 4.69) is 15.9 Å². The second-order valence-corrected chi connectivity index (χ2v) is 8.25. The topological polar surface area (TPSA) is 59.1 Å². The normalized spacial score (nSPS) is 22.7. The number of methoxy groups -OCH3 is 1. The molecular weight excluding hydrogens is 460 g/mol. The number of rotatable bonds is 4. The monoisotopic (exact) mass is 478 g/mol. The number of hydrogen-bond donors (Lipinski definition) is 0. The second kappa shape index (κ2) is 7.83. The van der Waals surface area contributed by atoms with Gasteiger partial charge in [0, 0.05) is 0 Å². The Morgan fingerprint density at radius 2 is 1.52 bits per heavy atom. The van der Waals surface area contributed by atoms with Crippen molar-refractivity contribution in [3.8, 4) is 5.75 Å². The predicted molar refractivity (Wildman–Crippen MR) is 120 cm³/mol. The molecule has 0 radical (unpaired) electrons. The number of nitrogens with zero attached hydrogens (tertiary/aromatic N) is 2. The van der Waals surface area contributed by atoms with Gasteiger partial charge < -0.3 is 4.74 Å². The molecule has 0 aromatic heterocycles. The molecule has 3 atom stereocenters. The number of carbonyl (C=O) groups is 2. The first kappa shape index (κ1) is 19.8. The molecule has 6 nitrogen and oxygen atoms in total. The molecule has 0 bridgehead atoms. The Morgan fingerprint density at radius 3 is 2.13 bits per heavy atom. The molecule has 2 fully saturated rings. The highest BCUT2D eigenvalue weighted by Gasteiger charge is 2.60. The van der Waals surface area contributed by atoms with E-state index in [-0.39, 0.29) is 11.8 Å². The van der Waals surface area contributed by atoms with Gasteiger partial charge in [0.15, 0.2) is 6.10 Å². The van der Waals surface area contributed by atoms with E-state index in [1.54, 1.807) is 36.4 Å². The summed E-state index contributed by atoms with van der Waals surface area (Å²) in [4.78, 5) is 34.2. The Balaban J connectivity index is 1.60. The first-order valence-electron chi connectivity index (χ1n) is 9.87. The zero-order chi connectivity index (χ0) is 21.5. The Bertz CT molecular complexity index is 1140. The fourth-order valence-corrected chi connectivity index (χ4v) is 4.81. The highest BCUT2D eigenvalue weighted by Crippen LogP contribution is 2.48. The molecule has 0 aliphatic carbocycles. The smallest absolute Gasteiger partial charge is 0.266 e. The average Bonchev–Trinajstić information content (AvgIpc) is 3.31.